The number of hydrogen-bond donors (Lipinski definition) is 0. The van der Waals surface area contributed by atoms with Crippen molar-refractivity contribution in [2.75, 3.05) is 0 Å². The number of para-hydroxylation sites is 2. The molecule has 0 fully saturated rings. The molecular formula is C45H31NO2. The molecule has 3 heterocycles. The van der Waals surface area contributed by atoms with Crippen LogP contribution in [0.2, 0.25) is 0 Å². The predicted octanol–water partition coefficient (Wildman–Crippen LogP) is 10.5. The van der Waals surface area contributed by atoms with Crippen molar-refractivity contribution in [2.45, 2.75) is 31.6 Å². The second-order valence-corrected chi connectivity index (χ2v) is 14.0. The first kappa shape index (κ1) is 26.3. The highest BCUT2D eigenvalue weighted by Crippen LogP contribution is 2.53. The van der Waals surface area contributed by atoms with Crippen molar-refractivity contribution >= 4 is 66.9 Å². The Kier molecular flexibility index (Phi) is 5.02. The Labute approximate surface area is 276 Å². The first-order valence-corrected chi connectivity index (χ1v) is 16.9. The topological polar surface area (TPSA) is 31.2 Å². The van der Waals surface area contributed by atoms with Crippen molar-refractivity contribution in [3.05, 3.63) is 149 Å². The largest absolute Gasteiger partial charge is 0.456 e. The monoisotopic (exact) mass is 617 g/mol. The average molecular weight is 618 g/mol. The molecule has 6 aromatic carbocycles. The third kappa shape index (κ3) is 3.33. The van der Waals surface area contributed by atoms with Crippen LogP contribution in [0.5, 0.6) is 0 Å². The Balaban J connectivity index is 1.13. The minimum atomic E-state index is -0.106. The Morgan fingerprint density at radius 2 is 1.42 bits per heavy atom. The van der Waals surface area contributed by atoms with Crippen molar-refractivity contribution in [3.8, 4) is 16.8 Å². The van der Waals surface area contributed by atoms with E-state index in [2.05, 4.69) is 140 Å². The van der Waals surface area contributed by atoms with Gasteiger partial charge >= 0.3 is 0 Å². The van der Waals surface area contributed by atoms with Crippen LogP contribution in [0, 0.1) is 0 Å². The van der Waals surface area contributed by atoms with Crippen molar-refractivity contribution in [3.63, 3.8) is 0 Å². The Hall–Kier alpha value is -5.80. The highest BCUT2D eigenvalue weighted by atomic mass is 16.3. The molecule has 3 heteroatoms. The van der Waals surface area contributed by atoms with Gasteiger partial charge in [-0.2, -0.15) is 0 Å². The van der Waals surface area contributed by atoms with E-state index in [1.54, 1.807) is 0 Å². The number of benzene rings is 6. The van der Waals surface area contributed by atoms with Crippen LogP contribution in [0.1, 0.15) is 42.9 Å². The molecule has 11 rings (SSSR count). The molecule has 9 aromatic rings. The molecule has 0 saturated carbocycles. The normalized spacial score (nSPS) is 16.3. The summed E-state index contributed by atoms with van der Waals surface area (Å²) in [7, 11) is 0. The summed E-state index contributed by atoms with van der Waals surface area (Å²) in [4.78, 5) is 0. The highest BCUT2D eigenvalue weighted by Gasteiger charge is 2.38. The average Bonchev–Trinajstić information content (AvgIpc) is 3.84. The molecule has 1 atom stereocenters. The molecule has 0 saturated heterocycles. The second-order valence-electron chi connectivity index (χ2n) is 14.0. The maximum absolute atomic E-state index is 6.68. The summed E-state index contributed by atoms with van der Waals surface area (Å²) >= 11 is 0. The second kappa shape index (κ2) is 9.17. The lowest BCUT2D eigenvalue weighted by Gasteiger charge is -2.22. The molecule has 0 bridgehead atoms. The fraction of sp³-hybridized carbons (Fsp3) is 0.111. The third-order valence-corrected chi connectivity index (χ3v) is 11.1. The van der Waals surface area contributed by atoms with Gasteiger partial charge in [-0.3, -0.25) is 0 Å². The summed E-state index contributed by atoms with van der Waals surface area (Å²) in [6, 6.07) is 43.9. The van der Waals surface area contributed by atoms with Crippen molar-refractivity contribution in [1.29, 1.82) is 0 Å². The minimum Gasteiger partial charge on any atom is -0.456 e. The van der Waals surface area contributed by atoms with Crippen LogP contribution in [-0.4, -0.2) is 4.57 Å². The van der Waals surface area contributed by atoms with Gasteiger partial charge in [0.25, 0.3) is 0 Å². The van der Waals surface area contributed by atoms with Crippen molar-refractivity contribution in [2.24, 2.45) is 0 Å². The zero-order chi connectivity index (χ0) is 31.7. The molecule has 0 radical (unpaired) electrons. The molecule has 228 valence electrons. The molecule has 2 aliphatic carbocycles. The highest BCUT2D eigenvalue weighted by molar-refractivity contribution is 6.15. The lowest BCUT2D eigenvalue weighted by Crippen LogP contribution is -2.25. The standard InChI is InChI=1S/C45H31NO2/c1-45(2)34-13-6-3-10-28(34)30-21-22-37-43(44(30)45)31-12-4-7-14-35(31)46(37)36-15-9-17-40-42(36)32-20-18-27(25-41(32)48-40)26-19-23-39-33(24-26)29-11-5-8-16-38(29)47-39/h3-17,19-25,27H,18H2,1-2H3. The molecule has 0 amide bonds. The van der Waals surface area contributed by atoms with Gasteiger partial charge < -0.3 is 13.4 Å². The maximum Gasteiger partial charge on any atom is 0.137 e. The smallest absolute Gasteiger partial charge is 0.137 e. The van der Waals surface area contributed by atoms with Gasteiger partial charge in [0.15, 0.2) is 0 Å². The molecule has 1 unspecified atom stereocenters. The van der Waals surface area contributed by atoms with E-state index < -0.39 is 0 Å². The van der Waals surface area contributed by atoms with Crippen LogP contribution in [0.25, 0.3) is 83.7 Å². The molecule has 48 heavy (non-hydrogen) atoms. The molecule has 0 N–H and O–H groups in total. The minimum absolute atomic E-state index is 0.106. The zero-order valence-electron chi connectivity index (χ0n) is 26.7. The van der Waals surface area contributed by atoms with Gasteiger partial charge in [0, 0.05) is 38.1 Å². The summed E-state index contributed by atoms with van der Waals surface area (Å²) in [5.41, 5.74) is 14.0. The third-order valence-electron chi connectivity index (χ3n) is 11.1. The van der Waals surface area contributed by atoms with E-state index in [1.165, 1.54) is 65.6 Å². The number of nitrogens with zero attached hydrogens (tertiary/aromatic N) is 1. The number of fused-ring (bicyclic) bond motifs is 13. The fourth-order valence-electron chi connectivity index (χ4n) is 8.98. The van der Waals surface area contributed by atoms with Crippen LogP contribution in [0.4, 0.5) is 0 Å². The van der Waals surface area contributed by atoms with Crippen LogP contribution in [0.3, 0.4) is 0 Å². The van der Waals surface area contributed by atoms with Crippen molar-refractivity contribution in [1.82, 2.24) is 4.57 Å². The van der Waals surface area contributed by atoms with E-state index in [0.717, 1.165) is 39.7 Å². The zero-order valence-corrected chi connectivity index (χ0v) is 26.7. The van der Waals surface area contributed by atoms with Gasteiger partial charge in [-0.05, 0) is 82.8 Å². The summed E-state index contributed by atoms with van der Waals surface area (Å²) in [6.07, 6.45) is 5.61. The molecule has 3 nitrogen and oxygen atoms in total. The summed E-state index contributed by atoms with van der Waals surface area (Å²) in [6.45, 7) is 4.76. The van der Waals surface area contributed by atoms with E-state index in [0.29, 0.717) is 0 Å². The first-order chi connectivity index (χ1) is 23.6. The Bertz CT molecular complexity index is 2960. The number of furan rings is 2. The molecule has 3 aromatic heterocycles. The molecule has 0 spiro atoms. The van der Waals surface area contributed by atoms with Gasteiger partial charge in [0.05, 0.1) is 22.1 Å². The number of aromatic nitrogens is 1. The summed E-state index contributed by atoms with van der Waals surface area (Å²) in [5, 5.41) is 7.31. The first-order valence-electron chi connectivity index (χ1n) is 16.9. The SMILES string of the molecule is CC1(C)c2ccccc2-c2ccc3c(c21)c1ccccc1n3-c1cccc2oc3c(c12)=CCC(c1ccc2oc4ccccc4c2c1)C=3. The Morgan fingerprint density at radius 1 is 0.625 bits per heavy atom. The lowest BCUT2D eigenvalue weighted by atomic mass is 9.80. The van der Waals surface area contributed by atoms with E-state index in [4.69, 9.17) is 8.83 Å². The summed E-state index contributed by atoms with van der Waals surface area (Å²) < 4.78 is 15.3. The van der Waals surface area contributed by atoms with Gasteiger partial charge in [-0.25, -0.2) is 0 Å². The Morgan fingerprint density at radius 3 is 2.35 bits per heavy atom. The predicted molar refractivity (Wildman–Crippen MR) is 197 cm³/mol. The van der Waals surface area contributed by atoms with E-state index in [1.807, 2.05) is 12.1 Å². The van der Waals surface area contributed by atoms with E-state index >= 15 is 0 Å². The quantitative estimate of drug-likeness (QED) is 0.193. The summed E-state index contributed by atoms with van der Waals surface area (Å²) in [5.74, 6) is 0.222. The molecule has 0 aliphatic heterocycles. The number of hydrogen-bond acceptors (Lipinski definition) is 2. The number of rotatable bonds is 2. The van der Waals surface area contributed by atoms with Crippen LogP contribution < -0.4 is 10.6 Å². The van der Waals surface area contributed by atoms with Crippen LogP contribution in [0.15, 0.2) is 130 Å². The van der Waals surface area contributed by atoms with E-state index in [9.17, 15) is 0 Å². The van der Waals surface area contributed by atoms with Crippen molar-refractivity contribution < 1.29 is 8.83 Å². The molecular weight excluding hydrogens is 587 g/mol. The lowest BCUT2D eigenvalue weighted by molar-refractivity contribution is 0.569. The van der Waals surface area contributed by atoms with E-state index in [-0.39, 0.29) is 11.3 Å². The fourth-order valence-corrected chi connectivity index (χ4v) is 8.98. The maximum atomic E-state index is 6.68. The van der Waals surface area contributed by atoms with Crippen LogP contribution >= 0.6 is 0 Å². The van der Waals surface area contributed by atoms with Gasteiger partial charge in [-0.1, -0.05) is 98.8 Å². The van der Waals surface area contributed by atoms with Crippen LogP contribution in [-0.2, 0) is 5.41 Å². The van der Waals surface area contributed by atoms with Gasteiger partial charge in [-0.15, -0.1) is 0 Å². The van der Waals surface area contributed by atoms with Gasteiger partial charge in [0.1, 0.15) is 22.2 Å². The molecule has 2 aliphatic rings. The van der Waals surface area contributed by atoms with Gasteiger partial charge in [0.2, 0.25) is 0 Å².